The van der Waals surface area contributed by atoms with Crippen LogP contribution in [0.25, 0.3) is 0 Å². The smallest absolute Gasteiger partial charge is 0.407 e. The summed E-state index contributed by atoms with van der Waals surface area (Å²) in [5, 5.41) is 2.48. The molecule has 1 aromatic rings. The predicted molar refractivity (Wildman–Crippen MR) is 59.8 cm³/mol. The van der Waals surface area contributed by atoms with Gasteiger partial charge < -0.3 is 10.1 Å². The molecule has 0 aliphatic rings. The van der Waals surface area contributed by atoms with Gasteiger partial charge in [-0.1, -0.05) is 30.3 Å². The number of rotatable bonds is 5. The second-order valence-corrected chi connectivity index (χ2v) is 3.56. The standard InChI is InChI=1S/C12H16FNO2/c1-10(13)7-8-14-12(15)16-9-11-5-3-2-4-6-11/h2-6,10H,7-9H2,1H3,(H,14,15)/t10-/m0/s1. The van der Waals surface area contributed by atoms with Crippen molar-refractivity contribution in [1.82, 2.24) is 5.32 Å². The lowest BCUT2D eigenvalue weighted by molar-refractivity contribution is 0.139. The Balaban J connectivity index is 2.16. The highest BCUT2D eigenvalue weighted by molar-refractivity contribution is 5.67. The fraction of sp³-hybridized carbons (Fsp3) is 0.417. The third-order valence-corrected chi connectivity index (χ3v) is 2.02. The van der Waals surface area contributed by atoms with Crippen molar-refractivity contribution >= 4 is 6.09 Å². The highest BCUT2D eigenvalue weighted by atomic mass is 19.1. The van der Waals surface area contributed by atoms with E-state index in [-0.39, 0.29) is 6.61 Å². The largest absolute Gasteiger partial charge is 0.445 e. The van der Waals surface area contributed by atoms with E-state index in [1.807, 2.05) is 30.3 Å². The van der Waals surface area contributed by atoms with Gasteiger partial charge in [0, 0.05) is 6.54 Å². The predicted octanol–water partition coefficient (Wildman–Crippen LogP) is 2.66. The molecule has 1 atom stereocenters. The highest BCUT2D eigenvalue weighted by Crippen LogP contribution is 2.00. The molecule has 0 bridgehead atoms. The second kappa shape index (κ2) is 6.82. The van der Waals surface area contributed by atoms with E-state index < -0.39 is 12.3 Å². The first-order chi connectivity index (χ1) is 7.68. The van der Waals surface area contributed by atoms with Crippen molar-refractivity contribution in [3.05, 3.63) is 35.9 Å². The van der Waals surface area contributed by atoms with Gasteiger partial charge in [-0.05, 0) is 18.9 Å². The minimum absolute atomic E-state index is 0.234. The molecule has 1 N–H and O–H groups in total. The lowest BCUT2D eigenvalue weighted by atomic mass is 10.2. The quantitative estimate of drug-likeness (QED) is 0.836. The minimum Gasteiger partial charge on any atom is -0.445 e. The van der Waals surface area contributed by atoms with Crippen LogP contribution in [0.15, 0.2) is 30.3 Å². The summed E-state index contributed by atoms with van der Waals surface area (Å²) < 4.78 is 17.3. The summed E-state index contributed by atoms with van der Waals surface area (Å²) in [5.74, 6) is 0. The van der Waals surface area contributed by atoms with Crippen molar-refractivity contribution in [3.63, 3.8) is 0 Å². The van der Waals surface area contributed by atoms with Crippen LogP contribution in [0.4, 0.5) is 9.18 Å². The van der Waals surface area contributed by atoms with E-state index in [0.29, 0.717) is 13.0 Å². The van der Waals surface area contributed by atoms with Crippen LogP contribution in [0.1, 0.15) is 18.9 Å². The van der Waals surface area contributed by atoms with Crippen molar-refractivity contribution in [2.75, 3.05) is 6.54 Å². The van der Waals surface area contributed by atoms with Gasteiger partial charge in [-0.25, -0.2) is 9.18 Å². The molecule has 88 valence electrons. The lowest BCUT2D eigenvalue weighted by Crippen LogP contribution is -2.26. The molecule has 4 heteroatoms. The van der Waals surface area contributed by atoms with Gasteiger partial charge in [0.05, 0.1) is 6.17 Å². The molecule has 3 nitrogen and oxygen atoms in total. The zero-order chi connectivity index (χ0) is 11.8. The van der Waals surface area contributed by atoms with Crippen LogP contribution in [0, 0.1) is 0 Å². The molecule has 1 aromatic carbocycles. The summed E-state index contributed by atoms with van der Waals surface area (Å²) in [6.45, 7) is 1.99. The maximum Gasteiger partial charge on any atom is 0.407 e. The van der Waals surface area contributed by atoms with Gasteiger partial charge in [-0.15, -0.1) is 0 Å². The van der Waals surface area contributed by atoms with Crippen molar-refractivity contribution < 1.29 is 13.9 Å². The van der Waals surface area contributed by atoms with Crippen molar-refractivity contribution in [2.24, 2.45) is 0 Å². The summed E-state index contributed by atoms with van der Waals surface area (Å²) in [6.07, 6.45) is -1.11. The Morgan fingerprint density at radius 2 is 2.12 bits per heavy atom. The molecule has 0 spiro atoms. The lowest BCUT2D eigenvalue weighted by Gasteiger charge is -2.07. The number of carbonyl (C=O) groups excluding carboxylic acids is 1. The van der Waals surface area contributed by atoms with E-state index >= 15 is 0 Å². The van der Waals surface area contributed by atoms with E-state index in [1.54, 1.807) is 0 Å². The molecule has 0 aromatic heterocycles. The average molecular weight is 225 g/mol. The number of halogens is 1. The third-order valence-electron chi connectivity index (χ3n) is 2.02. The maximum absolute atomic E-state index is 12.4. The Morgan fingerprint density at radius 1 is 1.44 bits per heavy atom. The molecule has 0 unspecified atom stereocenters. The zero-order valence-electron chi connectivity index (χ0n) is 9.28. The zero-order valence-corrected chi connectivity index (χ0v) is 9.28. The monoisotopic (exact) mass is 225 g/mol. The van der Waals surface area contributed by atoms with Gasteiger partial charge in [-0.3, -0.25) is 0 Å². The van der Waals surface area contributed by atoms with Crippen LogP contribution in [0.2, 0.25) is 0 Å². The molecular formula is C12H16FNO2. The van der Waals surface area contributed by atoms with Crippen molar-refractivity contribution in [1.29, 1.82) is 0 Å². The Kier molecular flexibility index (Phi) is 5.32. The van der Waals surface area contributed by atoms with Crippen LogP contribution in [0.5, 0.6) is 0 Å². The van der Waals surface area contributed by atoms with E-state index in [0.717, 1.165) is 5.56 Å². The van der Waals surface area contributed by atoms with Gasteiger partial charge >= 0.3 is 6.09 Å². The molecule has 1 amide bonds. The number of benzene rings is 1. The van der Waals surface area contributed by atoms with Crippen LogP contribution < -0.4 is 5.32 Å². The number of carbonyl (C=O) groups is 1. The number of alkyl carbamates (subject to hydrolysis) is 1. The first-order valence-corrected chi connectivity index (χ1v) is 5.27. The summed E-state index contributed by atoms with van der Waals surface area (Å²) in [5.41, 5.74) is 0.927. The molecule has 1 rings (SSSR count). The van der Waals surface area contributed by atoms with E-state index in [9.17, 15) is 9.18 Å². The Bertz CT molecular complexity index is 314. The number of nitrogens with one attached hydrogen (secondary N) is 1. The minimum atomic E-state index is -0.908. The topological polar surface area (TPSA) is 38.3 Å². The molecule has 0 saturated carbocycles. The number of amides is 1. The van der Waals surface area contributed by atoms with Crippen LogP contribution in [-0.4, -0.2) is 18.8 Å². The summed E-state index contributed by atoms with van der Waals surface area (Å²) in [7, 11) is 0. The molecule has 0 aliphatic heterocycles. The van der Waals surface area contributed by atoms with Crippen LogP contribution in [0.3, 0.4) is 0 Å². The van der Waals surface area contributed by atoms with Gasteiger partial charge in [0.2, 0.25) is 0 Å². The van der Waals surface area contributed by atoms with Crippen molar-refractivity contribution in [3.8, 4) is 0 Å². The average Bonchev–Trinajstić information content (AvgIpc) is 2.27. The SMILES string of the molecule is C[C@H](F)CCNC(=O)OCc1ccccc1. The first-order valence-electron chi connectivity index (χ1n) is 5.27. The van der Waals surface area contributed by atoms with Gasteiger partial charge in [-0.2, -0.15) is 0 Å². The Labute approximate surface area is 94.6 Å². The molecule has 16 heavy (non-hydrogen) atoms. The van der Waals surface area contributed by atoms with Gasteiger partial charge in [0.25, 0.3) is 0 Å². The summed E-state index contributed by atoms with van der Waals surface area (Å²) >= 11 is 0. The van der Waals surface area contributed by atoms with Crippen LogP contribution >= 0.6 is 0 Å². The molecule has 0 heterocycles. The maximum atomic E-state index is 12.4. The second-order valence-electron chi connectivity index (χ2n) is 3.56. The Hall–Kier alpha value is -1.58. The molecule has 0 fully saturated rings. The third kappa shape index (κ3) is 5.34. The van der Waals surface area contributed by atoms with E-state index in [2.05, 4.69) is 5.32 Å². The number of ether oxygens (including phenoxy) is 1. The molecular weight excluding hydrogens is 209 g/mol. The fourth-order valence-corrected chi connectivity index (χ4v) is 1.15. The van der Waals surface area contributed by atoms with E-state index in [4.69, 9.17) is 4.74 Å². The Morgan fingerprint density at radius 3 is 2.75 bits per heavy atom. The first kappa shape index (κ1) is 12.5. The number of hydrogen-bond acceptors (Lipinski definition) is 2. The molecule has 0 radical (unpaired) electrons. The van der Waals surface area contributed by atoms with Gasteiger partial charge in [0.1, 0.15) is 6.61 Å². The van der Waals surface area contributed by atoms with Crippen LogP contribution in [-0.2, 0) is 11.3 Å². The van der Waals surface area contributed by atoms with Crippen molar-refractivity contribution in [2.45, 2.75) is 26.1 Å². The van der Waals surface area contributed by atoms with E-state index in [1.165, 1.54) is 6.92 Å². The van der Waals surface area contributed by atoms with Gasteiger partial charge in [0.15, 0.2) is 0 Å². The highest BCUT2D eigenvalue weighted by Gasteiger charge is 2.03. The summed E-state index contributed by atoms with van der Waals surface area (Å²) in [4.78, 5) is 11.1. The molecule has 0 saturated heterocycles. The normalized spacial score (nSPS) is 11.9. The molecule has 0 aliphatic carbocycles. The number of alkyl halides is 1. The fourth-order valence-electron chi connectivity index (χ4n) is 1.15. The summed E-state index contributed by atoms with van der Waals surface area (Å²) in [6, 6.07) is 9.39. The number of hydrogen-bond donors (Lipinski definition) is 1.